The minimum absolute atomic E-state index is 0.622. The SMILES string of the molecule is CCOc1ccccc1NC(=S)N(C)Cc1ccnn1CC. The summed E-state index contributed by atoms with van der Waals surface area (Å²) in [5.74, 6) is 0.805. The third-order valence-corrected chi connectivity index (χ3v) is 3.69. The van der Waals surface area contributed by atoms with Crippen LogP contribution >= 0.6 is 12.2 Å². The van der Waals surface area contributed by atoms with Gasteiger partial charge in [0.05, 0.1) is 24.5 Å². The van der Waals surface area contributed by atoms with Crippen LogP contribution in [-0.2, 0) is 13.1 Å². The molecule has 0 spiro atoms. The fraction of sp³-hybridized carbons (Fsp3) is 0.375. The molecule has 1 N–H and O–H groups in total. The highest BCUT2D eigenvalue weighted by Crippen LogP contribution is 2.24. The van der Waals surface area contributed by atoms with Gasteiger partial charge in [-0.1, -0.05) is 12.1 Å². The van der Waals surface area contributed by atoms with Gasteiger partial charge in [0.15, 0.2) is 5.11 Å². The van der Waals surface area contributed by atoms with Crippen molar-refractivity contribution < 1.29 is 4.74 Å². The van der Waals surface area contributed by atoms with Gasteiger partial charge < -0.3 is 15.0 Å². The predicted molar refractivity (Wildman–Crippen MR) is 93.2 cm³/mol. The number of para-hydroxylation sites is 2. The van der Waals surface area contributed by atoms with Gasteiger partial charge in [-0.2, -0.15) is 5.10 Å². The lowest BCUT2D eigenvalue weighted by Crippen LogP contribution is -2.31. The fourth-order valence-corrected chi connectivity index (χ4v) is 2.33. The van der Waals surface area contributed by atoms with Crippen molar-refractivity contribution in [2.24, 2.45) is 0 Å². The first-order valence-corrected chi connectivity index (χ1v) is 7.81. The van der Waals surface area contributed by atoms with E-state index in [4.69, 9.17) is 17.0 Å². The number of anilines is 1. The molecule has 0 amide bonds. The third-order valence-electron chi connectivity index (χ3n) is 3.28. The van der Waals surface area contributed by atoms with Crippen LogP contribution in [0.3, 0.4) is 0 Å². The Morgan fingerprint density at radius 2 is 2.09 bits per heavy atom. The van der Waals surface area contributed by atoms with E-state index in [-0.39, 0.29) is 0 Å². The van der Waals surface area contributed by atoms with Crippen molar-refractivity contribution in [2.45, 2.75) is 26.9 Å². The average molecular weight is 318 g/mol. The maximum absolute atomic E-state index is 5.61. The largest absolute Gasteiger partial charge is 0.492 e. The maximum Gasteiger partial charge on any atom is 0.173 e. The van der Waals surface area contributed by atoms with Crippen molar-refractivity contribution in [3.05, 3.63) is 42.2 Å². The van der Waals surface area contributed by atoms with Gasteiger partial charge in [-0.3, -0.25) is 4.68 Å². The number of rotatable bonds is 6. The Hall–Kier alpha value is -2.08. The number of nitrogens with zero attached hydrogens (tertiary/aromatic N) is 3. The summed E-state index contributed by atoms with van der Waals surface area (Å²) in [6.07, 6.45) is 1.81. The Morgan fingerprint density at radius 1 is 1.32 bits per heavy atom. The summed E-state index contributed by atoms with van der Waals surface area (Å²) in [5.41, 5.74) is 2.01. The molecule has 6 heteroatoms. The Balaban J connectivity index is 2.02. The number of thiocarbonyl (C=S) groups is 1. The zero-order valence-electron chi connectivity index (χ0n) is 13.2. The Bertz CT molecular complexity index is 626. The van der Waals surface area contributed by atoms with Gasteiger partial charge >= 0.3 is 0 Å². The van der Waals surface area contributed by atoms with Gasteiger partial charge in [-0.05, 0) is 44.3 Å². The first-order valence-electron chi connectivity index (χ1n) is 7.40. The zero-order chi connectivity index (χ0) is 15.9. The van der Waals surface area contributed by atoms with Crippen molar-refractivity contribution in [1.29, 1.82) is 0 Å². The monoisotopic (exact) mass is 318 g/mol. The number of aromatic nitrogens is 2. The summed E-state index contributed by atoms with van der Waals surface area (Å²) in [6, 6.07) is 9.81. The Labute approximate surface area is 136 Å². The second-order valence-corrected chi connectivity index (χ2v) is 5.24. The molecule has 2 rings (SSSR count). The van der Waals surface area contributed by atoms with Crippen LogP contribution in [-0.4, -0.2) is 33.4 Å². The number of ether oxygens (including phenoxy) is 1. The molecule has 0 saturated heterocycles. The second-order valence-electron chi connectivity index (χ2n) is 4.85. The summed E-state index contributed by atoms with van der Waals surface area (Å²) < 4.78 is 7.57. The Morgan fingerprint density at radius 3 is 2.82 bits per heavy atom. The van der Waals surface area contributed by atoms with E-state index in [1.54, 1.807) is 0 Å². The normalized spacial score (nSPS) is 10.3. The molecule has 22 heavy (non-hydrogen) atoms. The summed E-state index contributed by atoms with van der Waals surface area (Å²) in [4.78, 5) is 1.99. The molecule has 0 aliphatic carbocycles. The van der Waals surface area contributed by atoms with Crippen molar-refractivity contribution in [1.82, 2.24) is 14.7 Å². The van der Waals surface area contributed by atoms with Crippen molar-refractivity contribution in [3.63, 3.8) is 0 Å². The summed E-state index contributed by atoms with van der Waals surface area (Å²) in [5, 5.41) is 8.17. The van der Waals surface area contributed by atoms with Gasteiger partial charge in [0.1, 0.15) is 5.75 Å². The highest BCUT2D eigenvalue weighted by atomic mass is 32.1. The predicted octanol–water partition coefficient (Wildman–Crippen LogP) is 3.13. The van der Waals surface area contributed by atoms with Crippen LogP contribution < -0.4 is 10.1 Å². The van der Waals surface area contributed by atoms with Crippen LogP contribution in [0, 0.1) is 0 Å². The van der Waals surface area contributed by atoms with E-state index >= 15 is 0 Å². The molecule has 0 atom stereocenters. The molecule has 5 nitrogen and oxygen atoms in total. The lowest BCUT2D eigenvalue weighted by molar-refractivity contribution is 0.342. The van der Waals surface area contributed by atoms with E-state index in [0.717, 1.165) is 23.7 Å². The summed E-state index contributed by atoms with van der Waals surface area (Å²) in [7, 11) is 1.96. The van der Waals surface area contributed by atoms with Crippen molar-refractivity contribution >= 4 is 23.0 Å². The minimum Gasteiger partial charge on any atom is -0.492 e. The molecule has 0 unspecified atom stereocenters. The average Bonchev–Trinajstić information content (AvgIpc) is 2.96. The molecular formula is C16H22N4OS. The molecule has 0 radical (unpaired) electrons. The molecule has 1 aromatic carbocycles. The lowest BCUT2D eigenvalue weighted by Gasteiger charge is -2.22. The van der Waals surface area contributed by atoms with Crippen LogP contribution in [0.5, 0.6) is 5.75 Å². The molecule has 2 aromatic rings. The van der Waals surface area contributed by atoms with E-state index in [9.17, 15) is 0 Å². The Kier molecular flexibility index (Phi) is 5.77. The van der Waals surface area contributed by atoms with Crippen LogP contribution in [0.15, 0.2) is 36.5 Å². The lowest BCUT2D eigenvalue weighted by atomic mass is 10.3. The quantitative estimate of drug-likeness (QED) is 0.829. The molecule has 0 bridgehead atoms. The standard InChI is InChI=1S/C16H22N4OS/c1-4-20-13(10-11-17-20)12-19(3)16(22)18-14-8-6-7-9-15(14)21-5-2/h6-11H,4-5,12H2,1-3H3,(H,18,22). The molecule has 0 fully saturated rings. The minimum atomic E-state index is 0.622. The topological polar surface area (TPSA) is 42.3 Å². The van der Waals surface area contributed by atoms with Crippen molar-refractivity contribution in [2.75, 3.05) is 19.0 Å². The molecule has 0 aliphatic heterocycles. The summed E-state index contributed by atoms with van der Waals surface area (Å²) in [6.45, 7) is 6.22. The number of aryl methyl sites for hydroxylation is 1. The van der Waals surface area contributed by atoms with Gasteiger partial charge in [-0.25, -0.2) is 0 Å². The highest BCUT2D eigenvalue weighted by molar-refractivity contribution is 7.80. The van der Waals surface area contributed by atoms with E-state index in [1.165, 1.54) is 0 Å². The number of hydrogen-bond acceptors (Lipinski definition) is 3. The van der Waals surface area contributed by atoms with Gasteiger partial charge in [-0.15, -0.1) is 0 Å². The first kappa shape index (κ1) is 16.3. The molecule has 1 heterocycles. The fourth-order valence-electron chi connectivity index (χ4n) is 2.16. The molecule has 0 aliphatic rings. The van der Waals surface area contributed by atoms with E-state index in [2.05, 4.69) is 17.3 Å². The smallest absolute Gasteiger partial charge is 0.173 e. The number of benzene rings is 1. The van der Waals surface area contributed by atoms with Crippen LogP contribution in [0.25, 0.3) is 0 Å². The molecule has 0 saturated carbocycles. The van der Waals surface area contributed by atoms with Gasteiger partial charge in [0.2, 0.25) is 0 Å². The van der Waals surface area contributed by atoms with Gasteiger partial charge in [0.25, 0.3) is 0 Å². The maximum atomic E-state index is 5.61. The molecule has 1 aromatic heterocycles. The van der Waals surface area contributed by atoms with E-state index in [1.807, 2.05) is 60.1 Å². The van der Waals surface area contributed by atoms with E-state index < -0.39 is 0 Å². The van der Waals surface area contributed by atoms with Crippen LogP contribution in [0.2, 0.25) is 0 Å². The first-order chi connectivity index (χ1) is 10.7. The molecular weight excluding hydrogens is 296 g/mol. The molecule has 118 valence electrons. The number of nitrogens with one attached hydrogen (secondary N) is 1. The summed E-state index contributed by atoms with van der Waals surface area (Å²) >= 11 is 5.48. The second kappa shape index (κ2) is 7.79. The third kappa shape index (κ3) is 3.98. The van der Waals surface area contributed by atoms with E-state index in [0.29, 0.717) is 18.3 Å². The zero-order valence-corrected chi connectivity index (χ0v) is 14.1. The van der Waals surface area contributed by atoms with Crippen LogP contribution in [0.1, 0.15) is 19.5 Å². The van der Waals surface area contributed by atoms with Crippen LogP contribution in [0.4, 0.5) is 5.69 Å². The van der Waals surface area contributed by atoms with Gasteiger partial charge in [0, 0.05) is 19.8 Å². The highest BCUT2D eigenvalue weighted by Gasteiger charge is 2.10. The van der Waals surface area contributed by atoms with Crippen molar-refractivity contribution in [3.8, 4) is 5.75 Å². The number of hydrogen-bond donors (Lipinski definition) is 1.